The van der Waals surface area contributed by atoms with Gasteiger partial charge in [-0.15, -0.1) is 0 Å². The maximum Gasteiger partial charge on any atom is 0.264 e. The Balaban J connectivity index is 2.08. The summed E-state index contributed by atoms with van der Waals surface area (Å²) < 4.78 is 25.9. The van der Waals surface area contributed by atoms with Gasteiger partial charge in [-0.25, -0.2) is 18.1 Å². The summed E-state index contributed by atoms with van der Waals surface area (Å²) in [6.45, 7) is 0. The molecule has 0 radical (unpaired) electrons. The number of rotatable bonds is 4. The highest BCUT2D eigenvalue weighted by molar-refractivity contribution is 7.89. The number of halogens is 1. The van der Waals surface area contributed by atoms with Gasteiger partial charge in [0.2, 0.25) is 10.0 Å². The van der Waals surface area contributed by atoms with E-state index in [-0.39, 0.29) is 16.5 Å². The monoisotopic (exact) mass is 335 g/mol. The van der Waals surface area contributed by atoms with Crippen molar-refractivity contribution < 1.29 is 13.2 Å². The molecule has 0 saturated carbocycles. The van der Waals surface area contributed by atoms with E-state index in [1.807, 2.05) is 10.8 Å². The Kier molecular flexibility index (Phi) is 4.75. The van der Waals surface area contributed by atoms with Crippen molar-refractivity contribution in [2.24, 2.45) is 0 Å². The number of sulfonamides is 1. The number of benzene rings is 1. The first-order valence-corrected chi connectivity index (χ1v) is 8.08. The average Bonchev–Trinajstić information content (AvgIpc) is 2.49. The molecule has 1 aromatic carbocycles. The van der Waals surface area contributed by atoms with Crippen LogP contribution in [0.1, 0.15) is 21.5 Å². The van der Waals surface area contributed by atoms with E-state index >= 15 is 0 Å². The Morgan fingerprint density at radius 3 is 2.45 bits per heavy atom. The molecule has 1 heterocycles. The summed E-state index contributed by atoms with van der Waals surface area (Å²) in [7, 11) is -3.86. The number of amides is 1. The molecule has 1 aromatic heterocycles. The van der Waals surface area contributed by atoms with Gasteiger partial charge in [-0.3, -0.25) is 4.79 Å². The number of carbonyl (C=O) groups excluding carboxylic acids is 1. The van der Waals surface area contributed by atoms with Gasteiger partial charge in [0.25, 0.3) is 5.91 Å². The van der Waals surface area contributed by atoms with E-state index in [4.69, 9.17) is 16.9 Å². The number of hydrogen-bond acceptors (Lipinski definition) is 5. The van der Waals surface area contributed by atoms with Gasteiger partial charge in [0.05, 0.1) is 17.4 Å². The van der Waals surface area contributed by atoms with Crippen LogP contribution in [0.4, 0.5) is 0 Å². The number of nitrogens with one attached hydrogen (secondary N) is 1. The van der Waals surface area contributed by atoms with Crippen LogP contribution in [0.3, 0.4) is 0 Å². The minimum absolute atomic E-state index is 0.150. The van der Waals surface area contributed by atoms with Crippen molar-refractivity contribution in [3.05, 3.63) is 64.4 Å². The first kappa shape index (κ1) is 15.9. The summed E-state index contributed by atoms with van der Waals surface area (Å²) in [6.07, 6.45) is 1.33. The van der Waals surface area contributed by atoms with Crippen molar-refractivity contribution in [1.82, 2.24) is 9.71 Å². The first-order chi connectivity index (χ1) is 10.4. The maximum atomic E-state index is 11.9. The fourth-order valence-corrected chi connectivity index (χ4v) is 2.84. The molecule has 22 heavy (non-hydrogen) atoms. The van der Waals surface area contributed by atoms with Crippen LogP contribution in [0.2, 0.25) is 5.15 Å². The number of aromatic nitrogens is 1. The summed E-state index contributed by atoms with van der Waals surface area (Å²) >= 11 is 5.62. The van der Waals surface area contributed by atoms with Crippen molar-refractivity contribution in [2.45, 2.75) is 5.75 Å². The third kappa shape index (κ3) is 4.28. The lowest BCUT2D eigenvalue weighted by molar-refractivity contribution is 0.0981. The lowest BCUT2D eigenvalue weighted by Crippen LogP contribution is -2.31. The summed E-state index contributed by atoms with van der Waals surface area (Å²) in [4.78, 5) is 15.7. The van der Waals surface area contributed by atoms with E-state index in [1.54, 1.807) is 0 Å². The minimum Gasteiger partial charge on any atom is -0.268 e. The Labute approximate surface area is 132 Å². The maximum absolute atomic E-state index is 11.9. The molecule has 1 amide bonds. The number of nitriles is 1. The Morgan fingerprint density at radius 1 is 1.23 bits per heavy atom. The summed E-state index contributed by atoms with van der Waals surface area (Å²) in [5.74, 6) is -1.15. The molecule has 0 bridgehead atoms. The molecule has 0 saturated heterocycles. The third-order valence-electron chi connectivity index (χ3n) is 2.67. The predicted molar refractivity (Wildman–Crippen MR) is 80.5 cm³/mol. The molecule has 6 nitrogen and oxygen atoms in total. The lowest BCUT2D eigenvalue weighted by Gasteiger charge is -2.07. The van der Waals surface area contributed by atoms with Crippen LogP contribution >= 0.6 is 11.6 Å². The van der Waals surface area contributed by atoms with Crippen LogP contribution in [0.25, 0.3) is 0 Å². The van der Waals surface area contributed by atoms with E-state index in [9.17, 15) is 13.2 Å². The van der Waals surface area contributed by atoms with Crippen LogP contribution in [0.15, 0.2) is 42.6 Å². The zero-order valence-corrected chi connectivity index (χ0v) is 12.7. The highest BCUT2D eigenvalue weighted by atomic mass is 35.5. The molecule has 2 rings (SSSR count). The van der Waals surface area contributed by atoms with Gasteiger partial charge in [-0.2, -0.15) is 5.26 Å². The lowest BCUT2D eigenvalue weighted by atomic mass is 10.1. The van der Waals surface area contributed by atoms with Crippen molar-refractivity contribution in [1.29, 1.82) is 5.26 Å². The van der Waals surface area contributed by atoms with E-state index < -0.39 is 15.9 Å². The van der Waals surface area contributed by atoms with Gasteiger partial charge in [0, 0.05) is 11.8 Å². The zero-order valence-electron chi connectivity index (χ0n) is 11.2. The fourth-order valence-electron chi connectivity index (χ4n) is 1.64. The predicted octanol–water partition coefficient (Wildman–Crippen LogP) is 1.87. The van der Waals surface area contributed by atoms with Gasteiger partial charge in [-0.05, 0) is 35.9 Å². The standard InChI is InChI=1S/C14H10ClN3O3S/c15-13-6-3-11(8-17-13)9-22(20,21)18-14(19)12-4-1-10(7-16)2-5-12/h1-6,8H,9H2,(H,18,19). The second kappa shape index (κ2) is 6.56. The molecular formula is C14H10ClN3O3S. The highest BCUT2D eigenvalue weighted by Gasteiger charge is 2.17. The fraction of sp³-hybridized carbons (Fsp3) is 0.0714. The molecule has 0 spiro atoms. The molecule has 0 aliphatic carbocycles. The van der Waals surface area contributed by atoms with Gasteiger partial charge < -0.3 is 0 Å². The van der Waals surface area contributed by atoms with E-state index in [0.29, 0.717) is 11.1 Å². The van der Waals surface area contributed by atoms with E-state index in [2.05, 4.69) is 4.98 Å². The van der Waals surface area contributed by atoms with Crippen LogP contribution in [-0.2, 0) is 15.8 Å². The smallest absolute Gasteiger partial charge is 0.264 e. The van der Waals surface area contributed by atoms with Crippen molar-refractivity contribution in [3.8, 4) is 6.07 Å². The second-order valence-corrected chi connectivity index (χ2v) is 6.48. The number of hydrogen-bond donors (Lipinski definition) is 1. The number of nitrogens with zero attached hydrogens (tertiary/aromatic N) is 2. The molecule has 0 aliphatic heterocycles. The van der Waals surface area contributed by atoms with Crippen LogP contribution < -0.4 is 4.72 Å². The van der Waals surface area contributed by atoms with Crippen molar-refractivity contribution >= 4 is 27.5 Å². The van der Waals surface area contributed by atoms with E-state index in [1.165, 1.54) is 42.6 Å². The van der Waals surface area contributed by atoms with Gasteiger partial charge >= 0.3 is 0 Å². The topological polar surface area (TPSA) is 99.9 Å². The highest BCUT2D eigenvalue weighted by Crippen LogP contribution is 2.09. The summed E-state index contributed by atoms with van der Waals surface area (Å²) in [5.41, 5.74) is 0.938. The molecular weight excluding hydrogens is 326 g/mol. The molecule has 112 valence electrons. The molecule has 0 fully saturated rings. The average molecular weight is 336 g/mol. The first-order valence-electron chi connectivity index (χ1n) is 6.05. The number of pyridine rings is 1. The van der Waals surface area contributed by atoms with Crippen LogP contribution in [0, 0.1) is 11.3 Å². The molecule has 0 atom stereocenters. The Hall–Kier alpha value is -2.43. The SMILES string of the molecule is N#Cc1ccc(C(=O)NS(=O)(=O)Cc2ccc(Cl)nc2)cc1. The molecule has 0 aliphatic rings. The van der Waals surface area contributed by atoms with Crippen molar-refractivity contribution in [2.75, 3.05) is 0 Å². The Morgan fingerprint density at radius 2 is 1.91 bits per heavy atom. The minimum atomic E-state index is -3.86. The van der Waals surface area contributed by atoms with Gasteiger partial charge in [0.15, 0.2) is 0 Å². The van der Waals surface area contributed by atoms with Gasteiger partial charge in [0.1, 0.15) is 5.15 Å². The summed E-state index contributed by atoms with van der Waals surface area (Å²) in [6, 6.07) is 10.5. The molecule has 2 aromatic rings. The quantitative estimate of drug-likeness (QED) is 0.860. The van der Waals surface area contributed by atoms with Crippen LogP contribution in [0.5, 0.6) is 0 Å². The normalized spacial score (nSPS) is 10.7. The van der Waals surface area contributed by atoms with Crippen LogP contribution in [-0.4, -0.2) is 19.3 Å². The molecule has 8 heteroatoms. The number of carbonyl (C=O) groups is 1. The van der Waals surface area contributed by atoms with E-state index in [0.717, 1.165) is 0 Å². The molecule has 0 unspecified atom stereocenters. The largest absolute Gasteiger partial charge is 0.268 e. The third-order valence-corrected chi connectivity index (χ3v) is 4.10. The van der Waals surface area contributed by atoms with Crippen molar-refractivity contribution in [3.63, 3.8) is 0 Å². The second-order valence-electron chi connectivity index (χ2n) is 4.37. The Bertz CT molecular complexity index is 825. The zero-order chi connectivity index (χ0) is 16.2. The summed E-state index contributed by atoms with van der Waals surface area (Å²) in [5, 5.41) is 8.93. The molecule has 1 N–H and O–H groups in total. The van der Waals surface area contributed by atoms with Gasteiger partial charge in [-0.1, -0.05) is 17.7 Å².